The summed E-state index contributed by atoms with van der Waals surface area (Å²) in [5.41, 5.74) is 5.99. The number of carbonyl (C=O) groups is 1. The molecule has 0 radical (unpaired) electrons. The van der Waals surface area contributed by atoms with Crippen LogP contribution in [0.3, 0.4) is 0 Å². The fourth-order valence-corrected chi connectivity index (χ4v) is 1.97. The number of carbonyl (C=O) groups excluding carboxylic acids is 1. The van der Waals surface area contributed by atoms with Crippen molar-refractivity contribution in [1.29, 1.82) is 0 Å². The van der Waals surface area contributed by atoms with Crippen LogP contribution >= 0.6 is 12.4 Å². The Bertz CT molecular complexity index is 464. The summed E-state index contributed by atoms with van der Waals surface area (Å²) in [5.74, 6) is -0.731. The first-order chi connectivity index (χ1) is 8.54. The smallest absolute Gasteiger partial charge is 0.251 e. The molecule has 1 fully saturated rings. The average molecular weight is 289 g/mol. The van der Waals surface area contributed by atoms with Gasteiger partial charge in [-0.15, -0.1) is 12.4 Å². The third-order valence-electron chi connectivity index (χ3n) is 3.36. The van der Waals surface area contributed by atoms with Crippen LogP contribution in [0.25, 0.3) is 0 Å². The van der Waals surface area contributed by atoms with Gasteiger partial charge < -0.3 is 15.8 Å². The van der Waals surface area contributed by atoms with E-state index < -0.39 is 5.82 Å². The molecule has 1 amide bonds. The molecule has 0 unspecified atom stereocenters. The second-order valence-corrected chi connectivity index (χ2v) is 4.75. The van der Waals surface area contributed by atoms with Gasteiger partial charge in [-0.1, -0.05) is 0 Å². The van der Waals surface area contributed by atoms with E-state index in [1.165, 1.54) is 19.2 Å². The van der Waals surface area contributed by atoms with Gasteiger partial charge in [0, 0.05) is 17.6 Å². The van der Waals surface area contributed by atoms with Gasteiger partial charge in [0.1, 0.15) is 0 Å². The Kier molecular flexibility index (Phi) is 5.14. The third-order valence-corrected chi connectivity index (χ3v) is 3.36. The van der Waals surface area contributed by atoms with Crippen molar-refractivity contribution in [2.45, 2.75) is 24.8 Å². The second kappa shape index (κ2) is 6.21. The molecule has 3 N–H and O–H groups in total. The number of amides is 1. The molecule has 6 heteroatoms. The molecule has 0 heterocycles. The summed E-state index contributed by atoms with van der Waals surface area (Å²) < 4.78 is 18.2. The Labute approximate surface area is 117 Å². The molecule has 1 aromatic rings. The molecule has 1 saturated carbocycles. The van der Waals surface area contributed by atoms with E-state index in [1.54, 1.807) is 0 Å². The molecule has 1 aliphatic rings. The summed E-state index contributed by atoms with van der Waals surface area (Å²) in [6.07, 6.45) is 2.94. The van der Waals surface area contributed by atoms with Crippen LogP contribution in [0.1, 0.15) is 29.6 Å². The minimum atomic E-state index is -0.545. The van der Waals surface area contributed by atoms with Crippen LogP contribution in [0.5, 0.6) is 5.75 Å². The van der Waals surface area contributed by atoms with Crippen molar-refractivity contribution in [3.8, 4) is 5.75 Å². The predicted molar refractivity (Wildman–Crippen MR) is 73.3 cm³/mol. The van der Waals surface area contributed by atoms with Crippen molar-refractivity contribution in [3.05, 3.63) is 29.6 Å². The summed E-state index contributed by atoms with van der Waals surface area (Å²) in [7, 11) is 1.38. The lowest BCUT2D eigenvalue weighted by Crippen LogP contribution is -2.54. The largest absolute Gasteiger partial charge is 0.494 e. The predicted octanol–water partition coefficient (Wildman–Crippen LogP) is 1.87. The maximum atomic E-state index is 13.4. The topological polar surface area (TPSA) is 64.3 Å². The van der Waals surface area contributed by atoms with Crippen LogP contribution in [0.2, 0.25) is 0 Å². The van der Waals surface area contributed by atoms with Crippen molar-refractivity contribution in [2.24, 2.45) is 5.73 Å². The molecule has 0 bridgehead atoms. The van der Waals surface area contributed by atoms with Gasteiger partial charge in [0.15, 0.2) is 11.6 Å². The van der Waals surface area contributed by atoms with E-state index in [0.29, 0.717) is 6.54 Å². The van der Waals surface area contributed by atoms with Gasteiger partial charge in [-0.3, -0.25) is 4.79 Å². The lowest BCUT2D eigenvalue weighted by molar-refractivity contribution is 0.0929. The van der Waals surface area contributed by atoms with Crippen LogP contribution < -0.4 is 15.8 Å². The number of halogens is 2. The molecule has 106 valence electrons. The van der Waals surface area contributed by atoms with E-state index >= 15 is 0 Å². The quantitative estimate of drug-likeness (QED) is 0.889. The first-order valence-corrected chi connectivity index (χ1v) is 5.95. The maximum absolute atomic E-state index is 13.4. The summed E-state index contributed by atoms with van der Waals surface area (Å²) >= 11 is 0. The summed E-state index contributed by atoms with van der Waals surface area (Å²) in [5, 5.41) is 2.73. The van der Waals surface area contributed by atoms with Crippen molar-refractivity contribution in [1.82, 2.24) is 5.32 Å². The van der Waals surface area contributed by atoms with E-state index in [-0.39, 0.29) is 35.2 Å². The standard InChI is InChI=1S/C13H17FN2O2.ClH/c1-18-11-4-3-9(7-10(11)14)12(17)16-8-13(15)5-2-6-13;/h3-4,7H,2,5-6,8,15H2,1H3,(H,16,17);1H. The van der Waals surface area contributed by atoms with Gasteiger partial charge in [0.25, 0.3) is 5.91 Å². The van der Waals surface area contributed by atoms with E-state index in [0.717, 1.165) is 25.3 Å². The highest BCUT2D eigenvalue weighted by atomic mass is 35.5. The minimum Gasteiger partial charge on any atom is -0.494 e. The Balaban J connectivity index is 0.00000180. The van der Waals surface area contributed by atoms with Crippen LogP contribution in [0, 0.1) is 5.82 Å². The molecule has 1 aliphatic carbocycles. The summed E-state index contributed by atoms with van der Waals surface area (Å²) in [6.45, 7) is 0.430. The molecular formula is C13H18ClFN2O2. The zero-order valence-corrected chi connectivity index (χ0v) is 11.6. The first kappa shape index (κ1) is 15.7. The van der Waals surface area contributed by atoms with Crippen molar-refractivity contribution < 1.29 is 13.9 Å². The number of nitrogens with one attached hydrogen (secondary N) is 1. The Hall–Kier alpha value is -1.33. The number of benzene rings is 1. The Morgan fingerprint density at radius 3 is 2.68 bits per heavy atom. The number of nitrogens with two attached hydrogens (primary N) is 1. The highest BCUT2D eigenvalue weighted by Gasteiger charge is 2.32. The van der Waals surface area contributed by atoms with E-state index in [2.05, 4.69) is 5.32 Å². The summed E-state index contributed by atoms with van der Waals surface area (Å²) in [4.78, 5) is 11.8. The molecular weight excluding hydrogens is 271 g/mol. The number of ether oxygens (including phenoxy) is 1. The lowest BCUT2D eigenvalue weighted by atomic mass is 9.78. The van der Waals surface area contributed by atoms with E-state index in [1.807, 2.05) is 0 Å². The van der Waals surface area contributed by atoms with E-state index in [9.17, 15) is 9.18 Å². The van der Waals surface area contributed by atoms with Gasteiger partial charge in [-0.2, -0.15) is 0 Å². The maximum Gasteiger partial charge on any atom is 0.251 e. The molecule has 4 nitrogen and oxygen atoms in total. The zero-order chi connectivity index (χ0) is 13.2. The number of hydrogen-bond donors (Lipinski definition) is 2. The SMILES string of the molecule is COc1ccc(C(=O)NCC2(N)CCC2)cc1F.Cl. The van der Waals surface area contributed by atoms with Gasteiger partial charge in [-0.25, -0.2) is 4.39 Å². The number of hydrogen-bond acceptors (Lipinski definition) is 3. The second-order valence-electron chi connectivity index (χ2n) is 4.75. The highest BCUT2D eigenvalue weighted by Crippen LogP contribution is 2.28. The molecule has 0 spiro atoms. The van der Waals surface area contributed by atoms with Crippen molar-refractivity contribution >= 4 is 18.3 Å². The van der Waals surface area contributed by atoms with E-state index in [4.69, 9.17) is 10.5 Å². The molecule has 2 rings (SSSR count). The molecule has 1 aromatic carbocycles. The molecule has 19 heavy (non-hydrogen) atoms. The van der Waals surface area contributed by atoms with Gasteiger partial charge in [0.2, 0.25) is 0 Å². The third kappa shape index (κ3) is 3.58. The normalized spacial score (nSPS) is 15.9. The average Bonchev–Trinajstić information content (AvgIpc) is 2.33. The van der Waals surface area contributed by atoms with Gasteiger partial charge in [0.05, 0.1) is 7.11 Å². The Morgan fingerprint density at radius 1 is 1.53 bits per heavy atom. The number of rotatable bonds is 4. The van der Waals surface area contributed by atoms with Crippen molar-refractivity contribution in [3.63, 3.8) is 0 Å². The van der Waals surface area contributed by atoms with Crippen LogP contribution in [-0.4, -0.2) is 25.1 Å². The fourth-order valence-electron chi connectivity index (χ4n) is 1.97. The van der Waals surface area contributed by atoms with Crippen LogP contribution in [0.4, 0.5) is 4.39 Å². The molecule has 0 aliphatic heterocycles. The highest BCUT2D eigenvalue weighted by molar-refractivity contribution is 5.94. The molecule has 0 saturated heterocycles. The molecule has 0 aromatic heterocycles. The van der Waals surface area contributed by atoms with Gasteiger partial charge >= 0.3 is 0 Å². The minimum absolute atomic E-state index is 0. The van der Waals surface area contributed by atoms with Crippen molar-refractivity contribution in [2.75, 3.05) is 13.7 Å². The monoisotopic (exact) mass is 288 g/mol. The zero-order valence-electron chi connectivity index (χ0n) is 10.7. The molecule has 0 atom stereocenters. The fraction of sp³-hybridized carbons (Fsp3) is 0.462. The first-order valence-electron chi connectivity index (χ1n) is 5.95. The number of methoxy groups -OCH3 is 1. The van der Waals surface area contributed by atoms with Crippen LogP contribution in [-0.2, 0) is 0 Å². The summed E-state index contributed by atoms with van der Waals surface area (Å²) in [6, 6.07) is 4.13. The lowest BCUT2D eigenvalue weighted by Gasteiger charge is -2.38. The van der Waals surface area contributed by atoms with Gasteiger partial charge in [-0.05, 0) is 37.5 Å². The van der Waals surface area contributed by atoms with Crippen LogP contribution in [0.15, 0.2) is 18.2 Å². The Morgan fingerprint density at radius 2 is 2.21 bits per heavy atom.